The molecule has 0 aromatic heterocycles. The largest absolute Gasteiger partial charge is 0.394 e. The van der Waals surface area contributed by atoms with E-state index in [4.69, 9.17) is 52.1 Å². The molecule has 10 fully saturated rings. The Bertz CT molecular complexity index is 2220. The molecule has 17 N–H and O–H groups in total. The number of hydrogen-bond acceptors (Lipinski definition) is 29. The Kier molecular flexibility index (Phi) is 20.5. The second kappa shape index (κ2) is 26.3. The van der Waals surface area contributed by atoms with Crippen LogP contribution in [0.5, 0.6) is 0 Å². The monoisotopic (exact) mass is 1230 g/mol. The predicted octanol–water partition coefficient (Wildman–Crippen LogP) is -6.31. The van der Waals surface area contributed by atoms with Crippen molar-refractivity contribution in [2.75, 3.05) is 39.6 Å². The number of carbonyl (C=O) groups excluding carboxylic acids is 1. The van der Waals surface area contributed by atoms with Gasteiger partial charge in [0.15, 0.2) is 37.2 Å². The number of aliphatic hydroxyl groups is 17. The predicted molar refractivity (Wildman–Crippen MR) is 279 cm³/mol. The minimum atomic E-state index is -2.04. The van der Waals surface area contributed by atoms with Crippen molar-refractivity contribution < 1.29 is 144 Å². The lowest BCUT2D eigenvalue weighted by atomic mass is 9.44. The quantitative estimate of drug-likeness (QED) is 0.0568. The molecule has 490 valence electrons. The van der Waals surface area contributed by atoms with Gasteiger partial charge in [0.05, 0.1) is 51.8 Å². The summed E-state index contributed by atoms with van der Waals surface area (Å²) in [4.78, 5) is 14.9. The molecule has 85 heavy (non-hydrogen) atoms. The smallest absolute Gasteiger partial charge is 0.187 e. The summed E-state index contributed by atoms with van der Waals surface area (Å²) >= 11 is 0. The van der Waals surface area contributed by atoms with E-state index in [9.17, 15) is 91.6 Å². The highest BCUT2D eigenvalue weighted by Crippen LogP contribution is 2.70. The third kappa shape index (κ3) is 12.1. The molecule has 6 heterocycles. The number of aliphatic hydroxyl groups excluding tert-OH is 16. The lowest BCUT2D eigenvalue weighted by Crippen LogP contribution is -2.68. The van der Waals surface area contributed by atoms with E-state index >= 15 is 0 Å². The van der Waals surface area contributed by atoms with Crippen LogP contribution in [0.25, 0.3) is 0 Å². The van der Waals surface area contributed by atoms with Crippen molar-refractivity contribution in [3.63, 3.8) is 0 Å². The van der Waals surface area contributed by atoms with E-state index in [1.807, 2.05) is 13.8 Å². The van der Waals surface area contributed by atoms with Gasteiger partial charge in [0.1, 0.15) is 122 Å². The summed E-state index contributed by atoms with van der Waals surface area (Å²) in [6, 6.07) is 0. The molecule has 0 spiro atoms. The normalized spacial score (nSPS) is 54.9. The summed E-state index contributed by atoms with van der Waals surface area (Å²) < 4.78 is 65.6. The SMILES string of the molecule is CC(CC[C@@]1(O)OC2C[C@H]3[C@@H]4CC[C@H]5C[C@@H](O[C@@H]6O[C@H](CO)[C@H](O[C@@H]7O[C@H](CO)[C@@H](O)[C@H](O[C@@H]8OC[C@@H](O)[C@H](O)[C@@H]8O)[C@H]7O[C@@H]7O[C@H](CO)[C@@H](O)[C@H](O)[C@H]7O)[C@H](O)[C@H]6O)CC[C@]5(C)[C@H]4CC(=O)[C@]3(C)C2C1C)CO[C@@H]1O[C@H](CO)[C@@H](O)[C@H](O)[C@H]1O. The lowest BCUT2D eigenvalue weighted by Gasteiger charge is -2.60. The standard InChI is InChI=1S/C56H92O29/c1-20(18-75-49-43(71)39(67)36(64)29(14-57)78-49)7-10-56(74)21(2)34-28(85-56)12-26-24-6-5-22-11-23(8-9-54(22,3)25(24)13-33(62)55(26,34)4)77-51-45(73)41(69)46(32(17-60)81-51)82-53-48(84-52-44(72)40(68)37(65)30(15-58)79-52)47(38(66)31(16-59)80-53)83-50-42(70)35(63)27(61)19-76-50/h20-32,34-53,57-61,63-74H,5-19H2,1-4H3/t20?,21?,22-,23-,24+,25-,26-,27+,28?,29+,30+,31+,32+,34?,35-,36+,37+,38+,39-,40-,41+,42-,43+,44+,45+,46-,47-,48+,49+,50-,51+,52-,53-,54-,55+,56+/m0/s1. The summed E-state index contributed by atoms with van der Waals surface area (Å²) in [7, 11) is 0. The van der Waals surface area contributed by atoms with Gasteiger partial charge in [-0.15, -0.1) is 0 Å². The van der Waals surface area contributed by atoms with Crippen molar-refractivity contribution >= 4 is 5.78 Å². The van der Waals surface area contributed by atoms with E-state index in [0.29, 0.717) is 38.5 Å². The first-order chi connectivity index (χ1) is 40.2. The number of Topliss-reactive ketones (excluding diaryl/α,β-unsaturated/α-hetero) is 1. The van der Waals surface area contributed by atoms with Gasteiger partial charge in [-0.25, -0.2) is 0 Å². The maximum absolute atomic E-state index is 14.9. The van der Waals surface area contributed by atoms with Crippen LogP contribution in [0.3, 0.4) is 0 Å². The highest BCUT2D eigenvalue weighted by Gasteiger charge is 2.71. The van der Waals surface area contributed by atoms with E-state index in [1.54, 1.807) is 0 Å². The first kappa shape index (κ1) is 66.5. The summed E-state index contributed by atoms with van der Waals surface area (Å²) in [5.41, 5.74) is -1.01. The lowest BCUT2D eigenvalue weighted by molar-refractivity contribution is -0.404. The van der Waals surface area contributed by atoms with Crippen molar-refractivity contribution in [2.45, 2.75) is 251 Å². The Hall–Kier alpha value is -1.45. The minimum absolute atomic E-state index is 0.0191. The number of hydrogen-bond donors (Lipinski definition) is 17. The van der Waals surface area contributed by atoms with Crippen LogP contribution in [0.15, 0.2) is 0 Å². The molecule has 0 aromatic carbocycles. The van der Waals surface area contributed by atoms with Crippen LogP contribution in [-0.4, -0.2) is 298 Å². The molecule has 6 saturated heterocycles. The molecule has 4 saturated carbocycles. The second-order valence-corrected chi connectivity index (χ2v) is 26.5. The number of ether oxygens (including phenoxy) is 11. The van der Waals surface area contributed by atoms with Gasteiger partial charge in [-0.2, -0.15) is 0 Å². The van der Waals surface area contributed by atoms with Gasteiger partial charge in [0.25, 0.3) is 0 Å². The summed E-state index contributed by atoms with van der Waals surface area (Å²) in [6.07, 6.45) is -36.8. The molecule has 29 heteroatoms. The van der Waals surface area contributed by atoms with Crippen molar-refractivity contribution in [1.29, 1.82) is 0 Å². The van der Waals surface area contributed by atoms with Crippen molar-refractivity contribution in [1.82, 2.24) is 0 Å². The van der Waals surface area contributed by atoms with Gasteiger partial charge in [-0.3, -0.25) is 4.79 Å². The maximum atomic E-state index is 14.9. The Morgan fingerprint density at radius 1 is 0.576 bits per heavy atom. The topological polar surface area (TPSA) is 463 Å². The molecule has 0 radical (unpaired) electrons. The Balaban J connectivity index is 0.769. The minimum Gasteiger partial charge on any atom is -0.394 e. The first-order valence-corrected chi connectivity index (χ1v) is 30.2. The molecular weight excluding hydrogens is 1140 g/mol. The van der Waals surface area contributed by atoms with Crippen LogP contribution in [0.2, 0.25) is 0 Å². The molecule has 0 aromatic rings. The molecule has 29 nitrogen and oxygen atoms in total. The molecule has 4 aliphatic carbocycles. The zero-order valence-corrected chi connectivity index (χ0v) is 48.2. The van der Waals surface area contributed by atoms with Gasteiger partial charge in [-0.05, 0) is 80.0 Å². The van der Waals surface area contributed by atoms with Gasteiger partial charge in [0.2, 0.25) is 0 Å². The molecule has 4 unspecified atom stereocenters. The third-order valence-electron chi connectivity index (χ3n) is 21.7. The maximum Gasteiger partial charge on any atom is 0.187 e. The van der Waals surface area contributed by atoms with Crippen LogP contribution in [-0.2, 0) is 56.9 Å². The second-order valence-electron chi connectivity index (χ2n) is 26.5. The fourth-order valence-electron chi connectivity index (χ4n) is 16.5. The van der Waals surface area contributed by atoms with Gasteiger partial charge < -0.3 is 139 Å². The van der Waals surface area contributed by atoms with E-state index in [1.165, 1.54) is 0 Å². The van der Waals surface area contributed by atoms with Crippen LogP contribution in [0.4, 0.5) is 0 Å². The van der Waals surface area contributed by atoms with Crippen LogP contribution >= 0.6 is 0 Å². The van der Waals surface area contributed by atoms with Gasteiger partial charge in [-0.1, -0.05) is 27.7 Å². The zero-order valence-electron chi connectivity index (χ0n) is 48.2. The number of carbonyl (C=O) groups is 1. The van der Waals surface area contributed by atoms with E-state index in [2.05, 4.69) is 13.8 Å². The van der Waals surface area contributed by atoms with E-state index in [-0.39, 0.29) is 71.8 Å². The van der Waals surface area contributed by atoms with Crippen molar-refractivity contribution in [3.05, 3.63) is 0 Å². The Labute approximate surface area is 491 Å². The first-order valence-electron chi connectivity index (χ1n) is 30.2. The van der Waals surface area contributed by atoms with Gasteiger partial charge >= 0.3 is 0 Å². The Morgan fingerprint density at radius 2 is 1.13 bits per heavy atom. The zero-order chi connectivity index (χ0) is 61.5. The van der Waals surface area contributed by atoms with Gasteiger partial charge in [0, 0.05) is 30.1 Å². The highest BCUT2D eigenvalue weighted by molar-refractivity contribution is 5.87. The average molecular weight is 1230 g/mol. The summed E-state index contributed by atoms with van der Waals surface area (Å²) in [6.45, 7) is 4.47. The number of rotatable bonds is 18. The van der Waals surface area contributed by atoms with Crippen LogP contribution in [0.1, 0.15) is 85.5 Å². The van der Waals surface area contributed by atoms with Crippen LogP contribution in [0, 0.1) is 52.3 Å². The number of ketones is 1. The molecular formula is C56H92O29. The molecule has 6 aliphatic heterocycles. The van der Waals surface area contributed by atoms with Crippen molar-refractivity contribution in [2.24, 2.45) is 52.3 Å². The molecule has 10 aliphatic rings. The van der Waals surface area contributed by atoms with Crippen LogP contribution < -0.4 is 0 Å². The third-order valence-corrected chi connectivity index (χ3v) is 21.7. The highest BCUT2D eigenvalue weighted by atomic mass is 16.8. The van der Waals surface area contributed by atoms with Crippen molar-refractivity contribution in [3.8, 4) is 0 Å². The average Bonchev–Trinajstić information content (AvgIpc) is 1.70. The molecule has 0 bridgehead atoms. The fraction of sp³-hybridized carbons (Fsp3) is 0.982. The number of fused-ring (bicyclic) bond motifs is 7. The Morgan fingerprint density at radius 3 is 1.79 bits per heavy atom. The molecule has 10 rings (SSSR count). The van der Waals surface area contributed by atoms with E-state index < -0.39 is 198 Å². The molecule has 36 atom stereocenters. The summed E-state index contributed by atoms with van der Waals surface area (Å²) in [5, 5.41) is 182. The molecule has 0 amide bonds. The summed E-state index contributed by atoms with van der Waals surface area (Å²) in [5.74, 6) is -1.75. The fourth-order valence-corrected chi connectivity index (χ4v) is 16.5. The van der Waals surface area contributed by atoms with E-state index in [0.717, 1.165) is 12.8 Å².